The van der Waals surface area contributed by atoms with Crippen LogP contribution in [0.1, 0.15) is 51.4 Å². The van der Waals surface area contributed by atoms with E-state index in [0.29, 0.717) is 12.0 Å². The summed E-state index contributed by atoms with van der Waals surface area (Å²) in [6.45, 7) is 11.7. The monoisotopic (exact) mass is 276 g/mol. The van der Waals surface area contributed by atoms with E-state index < -0.39 is 0 Å². The van der Waals surface area contributed by atoms with E-state index in [0.717, 1.165) is 35.5 Å². The number of anilines is 2. The van der Waals surface area contributed by atoms with Crippen LogP contribution in [0, 0.1) is 25.7 Å². The van der Waals surface area contributed by atoms with E-state index in [-0.39, 0.29) is 0 Å². The Kier molecular flexibility index (Phi) is 4.84. The first-order valence-corrected chi connectivity index (χ1v) is 7.86. The summed E-state index contributed by atoms with van der Waals surface area (Å²) in [6, 6.07) is 0.536. The standard InChI is InChI=1S/C16H28N4/c1-6-17-15-12(4)16(19-13(5)18-15)20-14-8-7-10(2)9-11(14)3/h10-11,14H,6-9H2,1-5H3,(H2,17,18,19,20). The van der Waals surface area contributed by atoms with E-state index in [1.807, 2.05) is 6.92 Å². The van der Waals surface area contributed by atoms with E-state index in [1.54, 1.807) is 0 Å². The molecule has 1 aromatic rings. The van der Waals surface area contributed by atoms with Gasteiger partial charge >= 0.3 is 0 Å². The fourth-order valence-electron chi connectivity index (χ4n) is 3.16. The highest BCUT2D eigenvalue weighted by Crippen LogP contribution is 2.31. The molecule has 0 amide bonds. The van der Waals surface area contributed by atoms with Gasteiger partial charge < -0.3 is 10.6 Å². The van der Waals surface area contributed by atoms with Crippen molar-refractivity contribution in [1.29, 1.82) is 0 Å². The lowest BCUT2D eigenvalue weighted by atomic mass is 9.80. The zero-order valence-corrected chi connectivity index (χ0v) is 13.5. The van der Waals surface area contributed by atoms with Gasteiger partial charge in [0.25, 0.3) is 0 Å². The summed E-state index contributed by atoms with van der Waals surface area (Å²) in [5.74, 6) is 4.34. The van der Waals surface area contributed by atoms with Crippen LogP contribution < -0.4 is 10.6 Å². The van der Waals surface area contributed by atoms with Crippen LogP contribution in [0.4, 0.5) is 11.6 Å². The zero-order chi connectivity index (χ0) is 14.7. The molecule has 0 aromatic carbocycles. The molecular weight excluding hydrogens is 248 g/mol. The van der Waals surface area contributed by atoms with Crippen LogP contribution in [0.15, 0.2) is 0 Å². The third-order valence-corrected chi connectivity index (χ3v) is 4.36. The molecule has 0 bridgehead atoms. The summed E-state index contributed by atoms with van der Waals surface area (Å²) in [4.78, 5) is 9.09. The van der Waals surface area contributed by atoms with Gasteiger partial charge in [0.2, 0.25) is 0 Å². The molecule has 1 heterocycles. The molecule has 4 heteroatoms. The molecule has 3 unspecified atom stereocenters. The van der Waals surface area contributed by atoms with Crippen molar-refractivity contribution in [3.05, 3.63) is 11.4 Å². The second-order valence-electron chi connectivity index (χ2n) is 6.27. The van der Waals surface area contributed by atoms with Gasteiger partial charge in [-0.05, 0) is 51.9 Å². The highest BCUT2D eigenvalue weighted by molar-refractivity contribution is 5.57. The van der Waals surface area contributed by atoms with Crippen molar-refractivity contribution in [1.82, 2.24) is 9.97 Å². The first-order valence-electron chi connectivity index (χ1n) is 7.86. The van der Waals surface area contributed by atoms with Crippen molar-refractivity contribution in [3.63, 3.8) is 0 Å². The Morgan fingerprint density at radius 2 is 1.80 bits per heavy atom. The summed E-state index contributed by atoms with van der Waals surface area (Å²) in [6.07, 6.45) is 3.85. The maximum absolute atomic E-state index is 4.60. The first kappa shape index (κ1) is 15.1. The number of rotatable bonds is 4. The molecule has 20 heavy (non-hydrogen) atoms. The SMILES string of the molecule is CCNc1nc(C)nc(NC2CCC(C)CC2C)c1C. The Balaban J connectivity index is 2.16. The predicted octanol–water partition coefficient (Wildman–Crippen LogP) is 3.76. The topological polar surface area (TPSA) is 49.8 Å². The van der Waals surface area contributed by atoms with E-state index >= 15 is 0 Å². The van der Waals surface area contributed by atoms with Crippen molar-refractivity contribution in [2.75, 3.05) is 17.2 Å². The smallest absolute Gasteiger partial charge is 0.134 e. The second-order valence-corrected chi connectivity index (χ2v) is 6.27. The van der Waals surface area contributed by atoms with Gasteiger partial charge in [-0.25, -0.2) is 9.97 Å². The van der Waals surface area contributed by atoms with Crippen LogP contribution in [0.3, 0.4) is 0 Å². The van der Waals surface area contributed by atoms with Gasteiger partial charge in [-0.2, -0.15) is 0 Å². The molecule has 1 fully saturated rings. The maximum Gasteiger partial charge on any atom is 0.134 e. The second kappa shape index (κ2) is 6.42. The predicted molar refractivity (Wildman–Crippen MR) is 85.3 cm³/mol. The van der Waals surface area contributed by atoms with Gasteiger partial charge in [0.1, 0.15) is 17.5 Å². The molecule has 1 aliphatic rings. The van der Waals surface area contributed by atoms with Crippen LogP contribution in [-0.4, -0.2) is 22.6 Å². The minimum atomic E-state index is 0.536. The van der Waals surface area contributed by atoms with Crippen LogP contribution >= 0.6 is 0 Å². The van der Waals surface area contributed by atoms with E-state index in [1.165, 1.54) is 19.3 Å². The molecular formula is C16H28N4. The number of hydrogen-bond donors (Lipinski definition) is 2. The minimum absolute atomic E-state index is 0.536. The summed E-state index contributed by atoms with van der Waals surface area (Å²) >= 11 is 0. The molecule has 0 aliphatic heterocycles. The minimum Gasteiger partial charge on any atom is -0.370 e. The van der Waals surface area contributed by atoms with Gasteiger partial charge in [0, 0.05) is 18.2 Å². The summed E-state index contributed by atoms with van der Waals surface area (Å²) < 4.78 is 0. The molecule has 112 valence electrons. The normalized spacial score (nSPS) is 26.4. The molecule has 1 saturated carbocycles. The number of aryl methyl sites for hydroxylation is 1. The average molecular weight is 276 g/mol. The fraction of sp³-hybridized carbons (Fsp3) is 0.750. The fourth-order valence-corrected chi connectivity index (χ4v) is 3.16. The summed E-state index contributed by atoms with van der Waals surface area (Å²) in [5.41, 5.74) is 1.13. The van der Waals surface area contributed by atoms with Crippen LogP contribution in [-0.2, 0) is 0 Å². The van der Waals surface area contributed by atoms with Crippen LogP contribution in [0.25, 0.3) is 0 Å². The van der Waals surface area contributed by atoms with E-state index in [4.69, 9.17) is 0 Å². The van der Waals surface area contributed by atoms with Gasteiger partial charge in [-0.1, -0.05) is 13.8 Å². The van der Waals surface area contributed by atoms with Gasteiger partial charge in [0.15, 0.2) is 0 Å². The van der Waals surface area contributed by atoms with Gasteiger partial charge in [-0.3, -0.25) is 0 Å². The third-order valence-electron chi connectivity index (χ3n) is 4.36. The van der Waals surface area contributed by atoms with Gasteiger partial charge in [0.05, 0.1) is 0 Å². The molecule has 0 spiro atoms. The lowest BCUT2D eigenvalue weighted by molar-refractivity contribution is 0.276. The Labute approximate surface area is 122 Å². The Hall–Kier alpha value is -1.32. The lowest BCUT2D eigenvalue weighted by Gasteiger charge is -2.34. The molecule has 1 aromatic heterocycles. The van der Waals surface area contributed by atoms with E-state index in [9.17, 15) is 0 Å². The Morgan fingerprint density at radius 3 is 2.45 bits per heavy atom. The van der Waals surface area contributed by atoms with Crippen molar-refractivity contribution in [3.8, 4) is 0 Å². The maximum atomic E-state index is 4.60. The first-order chi connectivity index (χ1) is 9.51. The van der Waals surface area contributed by atoms with Crippen LogP contribution in [0.5, 0.6) is 0 Å². The van der Waals surface area contributed by atoms with Crippen molar-refractivity contribution in [2.45, 2.75) is 59.9 Å². The van der Waals surface area contributed by atoms with Crippen molar-refractivity contribution < 1.29 is 0 Å². The van der Waals surface area contributed by atoms with Gasteiger partial charge in [-0.15, -0.1) is 0 Å². The molecule has 1 aliphatic carbocycles. The lowest BCUT2D eigenvalue weighted by Crippen LogP contribution is -2.33. The van der Waals surface area contributed by atoms with Crippen LogP contribution in [0.2, 0.25) is 0 Å². The number of nitrogens with zero attached hydrogens (tertiary/aromatic N) is 2. The quantitative estimate of drug-likeness (QED) is 0.879. The third kappa shape index (κ3) is 3.41. The zero-order valence-electron chi connectivity index (χ0n) is 13.5. The molecule has 0 saturated heterocycles. The molecule has 0 radical (unpaired) electrons. The summed E-state index contributed by atoms with van der Waals surface area (Å²) in [7, 11) is 0. The molecule has 2 N–H and O–H groups in total. The number of aromatic nitrogens is 2. The largest absolute Gasteiger partial charge is 0.370 e. The highest BCUT2D eigenvalue weighted by atomic mass is 15.1. The highest BCUT2D eigenvalue weighted by Gasteiger charge is 2.26. The Morgan fingerprint density at radius 1 is 1.10 bits per heavy atom. The summed E-state index contributed by atoms with van der Waals surface area (Å²) in [5, 5.41) is 6.99. The molecule has 3 atom stereocenters. The van der Waals surface area contributed by atoms with E-state index in [2.05, 4.69) is 48.3 Å². The number of hydrogen-bond acceptors (Lipinski definition) is 4. The molecule has 2 rings (SSSR count). The van der Waals surface area contributed by atoms with Crippen molar-refractivity contribution in [2.24, 2.45) is 11.8 Å². The van der Waals surface area contributed by atoms with Crippen molar-refractivity contribution >= 4 is 11.6 Å². The Bertz CT molecular complexity index is 458. The average Bonchev–Trinajstić information content (AvgIpc) is 2.38. The molecule has 4 nitrogen and oxygen atoms in total. The number of nitrogens with one attached hydrogen (secondary N) is 2.